The van der Waals surface area contributed by atoms with Crippen molar-refractivity contribution in [3.63, 3.8) is 0 Å². The van der Waals surface area contributed by atoms with E-state index in [1.165, 1.54) is 5.56 Å². The van der Waals surface area contributed by atoms with Gasteiger partial charge in [0, 0.05) is 18.7 Å². The Morgan fingerprint density at radius 2 is 2.12 bits per heavy atom. The van der Waals surface area contributed by atoms with Gasteiger partial charge < -0.3 is 10.4 Å². The van der Waals surface area contributed by atoms with Crippen molar-refractivity contribution in [2.75, 3.05) is 6.61 Å². The van der Waals surface area contributed by atoms with Crippen LogP contribution in [0.1, 0.15) is 45.7 Å². The molecule has 0 fully saturated rings. The number of halogens is 1. The van der Waals surface area contributed by atoms with Gasteiger partial charge in [0.15, 0.2) is 0 Å². The standard InChI is InChI=1S/C13H22ClNOS/c1-9(10-7-12(14)17-8-10)15-11(5-6-16)13(2,3)4/h7-9,11,15-16H,5-6H2,1-4H3. The van der Waals surface area contributed by atoms with Crippen molar-refractivity contribution in [3.8, 4) is 0 Å². The summed E-state index contributed by atoms with van der Waals surface area (Å²) >= 11 is 7.50. The fourth-order valence-electron chi connectivity index (χ4n) is 1.84. The van der Waals surface area contributed by atoms with Gasteiger partial charge in [0.1, 0.15) is 0 Å². The molecule has 0 bridgehead atoms. The predicted molar refractivity (Wildman–Crippen MR) is 75.8 cm³/mol. The van der Waals surface area contributed by atoms with Crippen LogP contribution in [0.4, 0.5) is 0 Å². The van der Waals surface area contributed by atoms with Gasteiger partial charge in [-0.1, -0.05) is 32.4 Å². The summed E-state index contributed by atoms with van der Waals surface area (Å²) in [5.41, 5.74) is 1.35. The Balaban J connectivity index is 2.67. The van der Waals surface area contributed by atoms with E-state index in [1.54, 1.807) is 11.3 Å². The van der Waals surface area contributed by atoms with E-state index in [1.807, 2.05) is 6.07 Å². The second-order valence-corrected chi connectivity index (χ2v) is 7.05. The second-order valence-electron chi connectivity index (χ2n) is 5.50. The molecule has 1 aromatic rings. The summed E-state index contributed by atoms with van der Waals surface area (Å²) in [5.74, 6) is 0. The van der Waals surface area contributed by atoms with Crippen LogP contribution in [-0.2, 0) is 0 Å². The summed E-state index contributed by atoms with van der Waals surface area (Å²) in [7, 11) is 0. The molecule has 1 aromatic heterocycles. The molecule has 2 unspecified atom stereocenters. The zero-order valence-electron chi connectivity index (χ0n) is 11.0. The molecular weight excluding hydrogens is 254 g/mol. The van der Waals surface area contributed by atoms with Crippen molar-refractivity contribution in [1.29, 1.82) is 0 Å². The largest absolute Gasteiger partial charge is 0.396 e. The molecule has 0 spiro atoms. The monoisotopic (exact) mass is 275 g/mol. The maximum atomic E-state index is 9.13. The highest BCUT2D eigenvalue weighted by Crippen LogP contribution is 2.28. The molecule has 0 aromatic carbocycles. The molecular formula is C13H22ClNOS. The van der Waals surface area contributed by atoms with Gasteiger partial charge in [-0.2, -0.15) is 0 Å². The number of thiophene rings is 1. The molecule has 4 heteroatoms. The minimum Gasteiger partial charge on any atom is -0.396 e. The number of aliphatic hydroxyl groups excluding tert-OH is 1. The van der Waals surface area contributed by atoms with Gasteiger partial charge >= 0.3 is 0 Å². The highest BCUT2D eigenvalue weighted by molar-refractivity contribution is 7.14. The zero-order valence-corrected chi connectivity index (χ0v) is 12.5. The fraction of sp³-hybridized carbons (Fsp3) is 0.692. The number of hydrogen-bond donors (Lipinski definition) is 2. The first-order valence-electron chi connectivity index (χ1n) is 5.95. The molecule has 1 heterocycles. The fourth-order valence-corrected chi connectivity index (χ4v) is 2.83. The molecule has 17 heavy (non-hydrogen) atoms. The van der Waals surface area contributed by atoms with E-state index in [9.17, 15) is 0 Å². The third-order valence-corrected chi connectivity index (χ3v) is 4.11. The lowest BCUT2D eigenvalue weighted by Crippen LogP contribution is -2.42. The molecule has 0 aliphatic carbocycles. The third-order valence-electron chi connectivity index (χ3n) is 3.00. The molecule has 2 nitrogen and oxygen atoms in total. The van der Waals surface area contributed by atoms with Crippen molar-refractivity contribution in [3.05, 3.63) is 21.3 Å². The van der Waals surface area contributed by atoms with Gasteiger partial charge in [-0.3, -0.25) is 0 Å². The van der Waals surface area contributed by atoms with Gasteiger partial charge in [0.05, 0.1) is 4.34 Å². The van der Waals surface area contributed by atoms with Crippen LogP contribution in [0, 0.1) is 5.41 Å². The van der Waals surface area contributed by atoms with Crippen LogP contribution < -0.4 is 5.32 Å². The van der Waals surface area contributed by atoms with Crippen molar-refractivity contribution in [2.45, 2.75) is 46.2 Å². The Hall–Kier alpha value is -0.0900. The van der Waals surface area contributed by atoms with Crippen molar-refractivity contribution in [1.82, 2.24) is 5.32 Å². The van der Waals surface area contributed by atoms with E-state index in [0.29, 0.717) is 6.04 Å². The quantitative estimate of drug-likeness (QED) is 0.856. The second kappa shape index (κ2) is 6.19. The highest BCUT2D eigenvalue weighted by Gasteiger charge is 2.25. The van der Waals surface area contributed by atoms with Crippen LogP contribution in [0.5, 0.6) is 0 Å². The van der Waals surface area contributed by atoms with E-state index >= 15 is 0 Å². The zero-order chi connectivity index (χ0) is 13.1. The topological polar surface area (TPSA) is 32.3 Å². The third kappa shape index (κ3) is 4.59. The Labute approximate surface area is 113 Å². The summed E-state index contributed by atoms with van der Waals surface area (Å²) < 4.78 is 0.822. The molecule has 0 aliphatic heterocycles. The minimum atomic E-state index is 0.136. The van der Waals surface area contributed by atoms with Crippen LogP contribution in [0.3, 0.4) is 0 Å². The lowest BCUT2D eigenvalue weighted by Gasteiger charge is -2.33. The van der Waals surface area contributed by atoms with Crippen LogP contribution in [-0.4, -0.2) is 17.8 Å². The first kappa shape index (κ1) is 15.0. The van der Waals surface area contributed by atoms with Gasteiger partial charge in [-0.25, -0.2) is 0 Å². The molecule has 98 valence electrons. The summed E-state index contributed by atoms with van der Waals surface area (Å²) in [6.45, 7) is 8.91. The molecule has 2 N–H and O–H groups in total. The Kier molecular flexibility index (Phi) is 5.45. The van der Waals surface area contributed by atoms with Crippen LogP contribution >= 0.6 is 22.9 Å². The normalized spacial score (nSPS) is 15.9. The first-order chi connectivity index (χ1) is 7.84. The minimum absolute atomic E-state index is 0.136. The summed E-state index contributed by atoms with van der Waals surface area (Å²) in [5, 5.41) is 14.8. The molecule has 0 aliphatic rings. The molecule has 0 saturated carbocycles. The first-order valence-corrected chi connectivity index (χ1v) is 7.21. The lowest BCUT2D eigenvalue weighted by atomic mass is 9.84. The maximum absolute atomic E-state index is 9.13. The molecule has 0 amide bonds. The van der Waals surface area contributed by atoms with Crippen LogP contribution in [0.2, 0.25) is 4.34 Å². The summed E-state index contributed by atoms with van der Waals surface area (Å²) in [6, 6.07) is 2.55. The van der Waals surface area contributed by atoms with E-state index in [2.05, 4.69) is 38.4 Å². The van der Waals surface area contributed by atoms with Crippen molar-refractivity contribution in [2.24, 2.45) is 5.41 Å². The molecule has 1 rings (SSSR count). The number of nitrogens with one attached hydrogen (secondary N) is 1. The number of aliphatic hydroxyl groups is 1. The van der Waals surface area contributed by atoms with Gasteiger partial charge in [-0.15, -0.1) is 11.3 Å². The smallest absolute Gasteiger partial charge is 0.0931 e. The predicted octanol–water partition coefficient (Wildman–Crippen LogP) is 3.85. The van der Waals surface area contributed by atoms with Crippen molar-refractivity contribution < 1.29 is 5.11 Å². The lowest BCUT2D eigenvalue weighted by molar-refractivity contribution is 0.188. The molecule has 0 radical (unpaired) electrons. The van der Waals surface area contributed by atoms with Crippen LogP contribution in [0.25, 0.3) is 0 Å². The van der Waals surface area contributed by atoms with E-state index in [4.69, 9.17) is 16.7 Å². The highest BCUT2D eigenvalue weighted by atomic mass is 35.5. The van der Waals surface area contributed by atoms with Gasteiger partial charge in [-0.05, 0) is 35.8 Å². The van der Waals surface area contributed by atoms with E-state index in [-0.39, 0.29) is 18.1 Å². The average molecular weight is 276 g/mol. The SMILES string of the molecule is CC(NC(CCO)C(C)(C)C)c1csc(Cl)c1. The van der Waals surface area contributed by atoms with Gasteiger partial charge in [0.25, 0.3) is 0 Å². The Bertz CT molecular complexity index is 345. The maximum Gasteiger partial charge on any atom is 0.0931 e. The van der Waals surface area contributed by atoms with Crippen LogP contribution in [0.15, 0.2) is 11.4 Å². The van der Waals surface area contributed by atoms with Gasteiger partial charge in [0.2, 0.25) is 0 Å². The molecule has 0 saturated heterocycles. The number of rotatable bonds is 5. The Morgan fingerprint density at radius 1 is 1.47 bits per heavy atom. The Morgan fingerprint density at radius 3 is 2.53 bits per heavy atom. The van der Waals surface area contributed by atoms with Crippen molar-refractivity contribution >= 4 is 22.9 Å². The van der Waals surface area contributed by atoms with E-state index < -0.39 is 0 Å². The molecule has 2 atom stereocenters. The average Bonchev–Trinajstić information content (AvgIpc) is 2.62. The number of hydrogen-bond acceptors (Lipinski definition) is 3. The van der Waals surface area contributed by atoms with E-state index in [0.717, 1.165) is 10.8 Å². The summed E-state index contributed by atoms with van der Waals surface area (Å²) in [6.07, 6.45) is 0.770. The summed E-state index contributed by atoms with van der Waals surface area (Å²) in [4.78, 5) is 0.